The molecule has 3 nitrogen and oxygen atoms in total. The first-order valence-electron chi connectivity index (χ1n) is 9.42. The standard InChI is InChI=1S/C23H24FNO2S/c24-20-12-10-19(11-13-20)23(21-8-5-17-28-21)25-22(26)9-4-15-27-16-14-18-6-2-1-3-7-18/h1-3,5-8,10-13,17,23H,4,9,14-16H2,(H,25,26). The highest BCUT2D eigenvalue weighted by Crippen LogP contribution is 2.26. The van der Waals surface area contributed by atoms with Gasteiger partial charge in [0.15, 0.2) is 0 Å². The van der Waals surface area contributed by atoms with Crippen LogP contribution in [0.1, 0.15) is 34.9 Å². The zero-order valence-corrected chi connectivity index (χ0v) is 16.5. The third kappa shape index (κ3) is 6.29. The van der Waals surface area contributed by atoms with Crippen LogP contribution >= 0.6 is 11.3 Å². The summed E-state index contributed by atoms with van der Waals surface area (Å²) in [7, 11) is 0. The molecule has 0 aliphatic carbocycles. The Bertz CT molecular complexity index is 835. The van der Waals surface area contributed by atoms with Crippen molar-refractivity contribution < 1.29 is 13.9 Å². The maximum absolute atomic E-state index is 13.2. The summed E-state index contributed by atoms with van der Waals surface area (Å²) < 4.78 is 18.9. The second-order valence-corrected chi connectivity index (χ2v) is 7.50. The van der Waals surface area contributed by atoms with Crippen LogP contribution < -0.4 is 5.32 Å². The fraction of sp³-hybridized carbons (Fsp3) is 0.261. The number of hydrogen-bond acceptors (Lipinski definition) is 3. The molecule has 0 fully saturated rings. The minimum absolute atomic E-state index is 0.0330. The van der Waals surface area contributed by atoms with Crippen LogP contribution in [-0.4, -0.2) is 19.1 Å². The van der Waals surface area contributed by atoms with Crippen LogP contribution in [0.2, 0.25) is 0 Å². The van der Waals surface area contributed by atoms with Gasteiger partial charge in [-0.15, -0.1) is 11.3 Å². The van der Waals surface area contributed by atoms with Crippen molar-refractivity contribution in [1.82, 2.24) is 5.32 Å². The Labute approximate surface area is 169 Å². The molecule has 0 spiro atoms. The lowest BCUT2D eigenvalue weighted by Gasteiger charge is -2.18. The van der Waals surface area contributed by atoms with Crippen molar-refractivity contribution in [3.63, 3.8) is 0 Å². The number of hydrogen-bond donors (Lipinski definition) is 1. The number of rotatable bonds is 10. The zero-order chi connectivity index (χ0) is 19.6. The third-order valence-corrected chi connectivity index (χ3v) is 5.34. The van der Waals surface area contributed by atoms with Crippen LogP contribution in [0.5, 0.6) is 0 Å². The number of amides is 1. The maximum Gasteiger partial charge on any atom is 0.220 e. The minimum Gasteiger partial charge on any atom is -0.381 e. The van der Waals surface area contributed by atoms with Gasteiger partial charge in [0.25, 0.3) is 0 Å². The first-order valence-corrected chi connectivity index (χ1v) is 10.3. The molecule has 0 bridgehead atoms. The lowest BCUT2D eigenvalue weighted by atomic mass is 10.0. The molecule has 0 saturated carbocycles. The quantitative estimate of drug-likeness (QED) is 0.482. The van der Waals surface area contributed by atoms with Gasteiger partial charge >= 0.3 is 0 Å². The Morgan fingerprint density at radius 2 is 1.79 bits per heavy atom. The number of carbonyl (C=O) groups excluding carboxylic acids is 1. The Morgan fingerprint density at radius 3 is 2.50 bits per heavy atom. The molecule has 1 N–H and O–H groups in total. The predicted molar refractivity (Wildman–Crippen MR) is 111 cm³/mol. The molecule has 1 amide bonds. The largest absolute Gasteiger partial charge is 0.381 e. The van der Waals surface area contributed by atoms with E-state index >= 15 is 0 Å². The zero-order valence-electron chi connectivity index (χ0n) is 15.6. The van der Waals surface area contributed by atoms with Crippen molar-refractivity contribution in [1.29, 1.82) is 0 Å². The van der Waals surface area contributed by atoms with Gasteiger partial charge < -0.3 is 10.1 Å². The van der Waals surface area contributed by atoms with E-state index in [1.165, 1.54) is 17.7 Å². The fourth-order valence-corrected chi connectivity index (χ4v) is 3.74. The lowest BCUT2D eigenvalue weighted by molar-refractivity contribution is -0.121. The SMILES string of the molecule is O=C(CCCOCCc1ccccc1)NC(c1ccc(F)cc1)c1cccs1. The van der Waals surface area contributed by atoms with Crippen molar-refractivity contribution in [2.75, 3.05) is 13.2 Å². The van der Waals surface area contributed by atoms with Gasteiger partial charge in [-0.1, -0.05) is 48.5 Å². The average Bonchev–Trinajstić information content (AvgIpc) is 3.25. The van der Waals surface area contributed by atoms with Gasteiger partial charge in [-0.2, -0.15) is 0 Å². The van der Waals surface area contributed by atoms with Crippen LogP contribution in [0.15, 0.2) is 72.1 Å². The van der Waals surface area contributed by atoms with E-state index < -0.39 is 0 Å². The smallest absolute Gasteiger partial charge is 0.220 e. The molecule has 1 atom stereocenters. The summed E-state index contributed by atoms with van der Waals surface area (Å²) in [6.07, 6.45) is 1.94. The number of ether oxygens (including phenoxy) is 1. The van der Waals surface area contributed by atoms with Crippen molar-refractivity contribution in [3.05, 3.63) is 93.9 Å². The molecule has 1 unspecified atom stereocenters. The average molecular weight is 398 g/mol. The van der Waals surface area contributed by atoms with Gasteiger partial charge in [0, 0.05) is 17.9 Å². The highest BCUT2D eigenvalue weighted by molar-refractivity contribution is 7.10. The van der Waals surface area contributed by atoms with Crippen molar-refractivity contribution in [2.24, 2.45) is 0 Å². The summed E-state index contributed by atoms with van der Waals surface area (Å²) >= 11 is 1.57. The Kier molecular flexibility index (Phi) is 7.76. The monoisotopic (exact) mass is 397 g/mol. The summed E-state index contributed by atoms with van der Waals surface area (Å²) in [6, 6.07) is 20.1. The van der Waals surface area contributed by atoms with Crippen molar-refractivity contribution in [2.45, 2.75) is 25.3 Å². The molecule has 0 radical (unpaired) electrons. The fourth-order valence-electron chi connectivity index (χ4n) is 2.93. The van der Waals surface area contributed by atoms with Gasteiger partial charge in [-0.25, -0.2) is 4.39 Å². The van der Waals surface area contributed by atoms with E-state index in [4.69, 9.17) is 4.74 Å². The van der Waals surface area contributed by atoms with Crippen molar-refractivity contribution in [3.8, 4) is 0 Å². The second-order valence-electron chi connectivity index (χ2n) is 6.52. The summed E-state index contributed by atoms with van der Waals surface area (Å²) in [5.41, 5.74) is 2.12. The first-order chi connectivity index (χ1) is 13.7. The van der Waals surface area contributed by atoms with Gasteiger partial charge in [0.2, 0.25) is 5.91 Å². The molecule has 0 aliphatic heterocycles. The molecule has 0 saturated heterocycles. The van der Waals surface area contributed by atoms with Gasteiger partial charge in [0.05, 0.1) is 12.6 Å². The van der Waals surface area contributed by atoms with E-state index in [2.05, 4.69) is 17.4 Å². The molecule has 3 rings (SSSR count). The maximum atomic E-state index is 13.2. The Morgan fingerprint density at radius 1 is 1.00 bits per heavy atom. The number of thiophene rings is 1. The lowest BCUT2D eigenvalue weighted by Crippen LogP contribution is -2.28. The summed E-state index contributed by atoms with van der Waals surface area (Å²) in [5.74, 6) is -0.318. The Balaban J connectivity index is 1.43. The summed E-state index contributed by atoms with van der Waals surface area (Å²) in [6.45, 7) is 1.21. The van der Waals surface area contributed by atoms with Crippen LogP contribution in [0.3, 0.4) is 0 Å². The topological polar surface area (TPSA) is 38.3 Å². The summed E-state index contributed by atoms with van der Waals surface area (Å²) in [4.78, 5) is 13.4. The van der Waals surface area contributed by atoms with E-state index in [9.17, 15) is 9.18 Å². The van der Waals surface area contributed by atoms with E-state index in [0.717, 1.165) is 16.9 Å². The van der Waals surface area contributed by atoms with Gasteiger partial charge in [-0.05, 0) is 47.5 Å². The van der Waals surface area contributed by atoms with E-state index in [1.807, 2.05) is 35.7 Å². The normalized spacial score (nSPS) is 11.9. The van der Waals surface area contributed by atoms with Crippen molar-refractivity contribution >= 4 is 17.2 Å². The van der Waals surface area contributed by atoms with Gasteiger partial charge in [-0.3, -0.25) is 4.79 Å². The number of carbonyl (C=O) groups is 1. The molecule has 28 heavy (non-hydrogen) atoms. The number of halogens is 1. The molecule has 3 aromatic rings. The molecule has 2 aromatic carbocycles. The minimum atomic E-state index is -0.285. The van der Waals surface area contributed by atoms with Crippen LogP contribution in [0.4, 0.5) is 4.39 Å². The molecular weight excluding hydrogens is 373 g/mol. The van der Waals surface area contributed by atoms with E-state index in [1.54, 1.807) is 23.5 Å². The van der Waals surface area contributed by atoms with Gasteiger partial charge in [0.1, 0.15) is 5.82 Å². The molecule has 146 valence electrons. The van der Waals surface area contributed by atoms with Crippen LogP contribution in [-0.2, 0) is 16.0 Å². The highest BCUT2D eigenvalue weighted by atomic mass is 32.1. The van der Waals surface area contributed by atoms with Crippen LogP contribution in [0.25, 0.3) is 0 Å². The number of nitrogens with one attached hydrogen (secondary N) is 1. The Hall–Kier alpha value is -2.50. The molecule has 1 aromatic heterocycles. The highest BCUT2D eigenvalue weighted by Gasteiger charge is 2.17. The molecule has 5 heteroatoms. The molecular formula is C23H24FNO2S. The van der Waals surface area contributed by atoms with E-state index in [-0.39, 0.29) is 17.8 Å². The first kappa shape index (κ1) is 20.2. The van der Waals surface area contributed by atoms with Crippen LogP contribution in [0, 0.1) is 5.82 Å². The predicted octanol–water partition coefficient (Wildman–Crippen LogP) is 5.13. The van der Waals surface area contributed by atoms with E-state index in [0.29, 0.717) is 26.1 Å². The molecule has 1 heterocycles. The number of benzene rings is 2. The third-order valence-electron chi connectivity index (χ3n) is 4.41. The summed E-state index contributed by atoms with van der Waals surface area (Å²) in [5, 5.41) is 5.04. The second kappa shape index (κ2) is 10.7. The molecule has 0 aliphatic rings.